The number of carbonyl (C=O) groups excluding carboxylic acids is 4. The fraction of sp³-hybridized carbons (Fsp3) is 0.512. The maximum atomic E-state index is 13.9. The summed E-state index contributed by atoms with van der Waals surface area (Å²) in [6.45, 7) is 9.84. The zero-order chi connectivity index (χ0) is 41.2. The van der Waals surface area contributed by atoms with Crippen molar-refractivity contribution in [3.8, 4) is 0 Å². The number of aliphatic carboxylic acids is 2. The molecule has 3 aromatic rings. The quantitative estimate of drug-likeness (QED) is 0.0387. The van der Waals surface area contributed by atoms with Gasteiger partial charge in [0.1, 0.15) is 11.4 Å². The van der Waals surface area contributed by atoms with Gasteiger partial charge in [0.2, 0.25) is 11.6 Å². The highest BCUT2D eigenvalue weighted by Gasteiger charge is 2.23. The Labute approximate surface area is 327 Å². The van der Waals surface area contributed by atoms with Gasteiger partial charge in [-0.2, -0.15) is 0 Å². The Hall–Kier alpha value is -5.60. The molecule has 0 bridgehead atoms. The minimum absolute atomic E-state index is 0.155. The molecule has 3 rings (SSSR count). The molecule has 304 valence electrons. The Morgan fingerprint density at radius 3 is 1.21 bits per heavy atom. The van der Waals surface area contributed by atoms with E-state index in [0.717, 1.165) is 51.4 Å². The normalized spacial score (nSPS) is 11.8. The molecule has 56 heavy (non-hydrogen) atoms. The van der Waals surface area contributed by atoms with Crippen molar-refractivity contribution in [1.82, 2.24) is 14.4 Å². The number of carboxylic acids is 2. The first-order valence-corrected chi connectivity index (χ1v) is 19.5. The molecule has 0 aliphatic carbocycles. The van der Waals surface area contributed by atoms with E-state index in [9.17, 15) is 39.0 Å². The summed E-state index contributed by atoms with van der Waals surface area (Å²) in [5.41, 5.74) is 1.26. The van der Waals surface area contributed by atoms with E-state index in [0.29, 0.717) is 48.0 Å². The maximum Gasteiger partial charge on any atom is 0.435 e. The van der Waals surface area contributed by atoms with Crippen molar-refractivity contribution in [2.75, 3.05) is 26.2 Å². The molecule has 2 N–H and O–H groups in total. The van der Waals surface area contributed by atoms with Crippen LogP contribution in [0.5, 0.6) is 0 Å². The molecule has 0 unspecified atom stereocenters. The van der Waals surface area contributed by atoms with Crippen LogP contribution in [0.25, 0.3) is 21.8 Å². The molecule has 0 aliphatic heterocycles. The number of carbonyl (C=O) groups is 6. The monoisotopic (exact) mass is 777 g/mol. The SMILES string of the molecule is CCCCN(CCCC)C(=O)O/N=C(\CCC(=O)O)C(=O)c1ccc2c(c1)c1cc(C(=O)/C(CCC(=O)O)=N/OC(=O)N(CCCC)CCCC)ccc1n2C. The zero-order valence-electron chi connectivity index (χ0n) is 33.2. The van der Waals surface area contributed by atoms with Crippen molar-refractivity contribution in [1.29, 1.82) is 0 Å². The maximum absolute atomic E-state index is 13.9. The van der Waals surface area contributed by atoms with Crippen LogP contribution >= 0.6 is 0 Å². The molecule has 1 aromatic heterocycles. The highest BCUT2D eigenvalue weighted by atomic mass is 16.7. The number of hydrogen-bond donors (Lipinski definition) is 2. The van der Waals surface area contributed by atoms with Gasteiger partial charge in [-0.25, -0.2) is 9.59 Å². The zero-order valence-corrected chi connectivity index (χ0v) is 33.2. The number of oxime groups is 2. The van der Waals surface area contributed by atoms with Crippen molar-refractivity contribution in [2.24, 2.45) is 17.4 Å². The van der Waals surface area contributed by atoms with Crippen molar-refractivity contribution < 1.29 is 48.7 Å². The Kier molecular flexibility index (Phi) is 18.2. The minimum atomic E-state index is -1.16. The van der Waals surface area contributed by atoms with Gasteiger partial charge in [0.05, 0.1) is 12.8 Å². The van der Waals surface area contributed by atoms with Gasteiger partial charge in [-0.3, -0.25) is 28.9 Å². The molecule has 0 saturated carbocycles. The number of hydrogen-bond acceptors (Lipinski definition) is 10. The van der Waals surface area contributed by atoms with Crippen molar-refractivity contribution in [3.63, 3.8) is 0 Å². The molecule has 2 amide bonds. The average molecular weight is 778 g/mol. The number of aryl methyl sites for hydroxylation is 1. The summed E-state index contributed by atoms with van der Waals surface area (Å²) < 4.78 is 1.87. The predicted octanol–water partition coefficient (Wildman–Crippen LogP) is 8.22. The lowest BCUT2D eigenvalue weighted by Crippen LogP contribution is -2.33. The standard InChI is InChI=1S/C41H55N5O10/c1-6-10-22-45(23-11-7-2)40(53)55-42-32(16-20-36(47)48)38(51)28-14-18-34-30(26-28)31-27-29(15-19-35(31)44(34)5)39(52)33(17-21-37(49)50)43-56-41(54)46(24-12-8-3)25-13-9-4/h14-15,18-19,26-27H,6-13,16-17,20-25H2,1-5H3,(H,47,48)(H,49,50)/b42-32+,43-33+. The highest BCUT2D eigenvalue weighted by molar-refractivity contribution is 6.47. The van der Waals surface area contributed by atoms with Crippen molar-refractivity contribution in [3.05, 3.63) is 47.5 Å². The summed E-state index contributed by atoms with van der Waals surface area (Å²) >= 11 is 0. The number of aromatic nitrogens is 1. The second-order valence-corrected chi connectivity index (χ2v) is 13.6. The molecule has 1 heterocycles. The Morgan fingerprint density at radius 1 is 0.571 bits per heavy atom. The number of benzene rings is 2. The van der Waals surface area contributed by atoms with Gasteiger partial charge in [-0.05, 0) is 62.1 Å². The molecule has 0 radical (unpaired) electrons. The largest absolute Gasteiger partial charge is 0.481 e. The van der Waals surface area contributed by atoms with Crippen LogP contribution in [0.1, 0.15) is 125 Å². The highest BCUT2D eigenvalue weighted by Crippen LogP contribution is 2.30. The molecule has 2 aromatic carbocycles. The van der Waals surface area contributed by atoms with Crippen LogP contribution in [0.2, 0.25) is 0 Å². The Morgan fingerprint density at radius 2 is 0.911 bits per heavy atom. The third-order valence-corrected chi connectivity index (χ3v) is 9.32. The summed E-state index contributed by atoms with van der Waals surface area (Å²) in [5, 5.41) is 27.7. The van der Waals surface area contributed by atoms with E-state index in [4.69, 9.17) is 9.68 Å². The number of carboxylic acid groups (broad SMARTS) is 2. The Balaban J connectivity index is 2.01. The lowest BCUT2D eigenvalue weighted by atomic mass is 9.99. The Bertz CT molecular complexity index is 1780. The average Bonchev–Trinajstić information content (AvgIpc) is 3.46. The lowest BCUT2D eigenvalue weighted by Gasteiger charge is -2.20. The van der Waals surface area contributed by atoms with Crippen LogP contribution < -0.4 is 0 Å². The van der Waals surface area contributed by atoms with E-state index in [-0.39, 0.29) is 35.4 Å². The molecule has 0 atom stereocenters. The number of unbranched alkanes of at least 4 members (excludes halogenated alkanes) is 4. The number of Topliss-reactive ketones (excluding diaryl/α,β-unsaturated/α-hetero) is 2. The van der Waals surface area contributed by atoms with Crippen LogP contribution in [0.4, 0.5) is 9.59 Å². The van der Waals surface area contributed by atoms with Gasteiger partial charge in [0.15, 0.2) is 0 Å². The van der Waals surface area contributed by atoms with Gasteiger partial charge in [0.25, 0.3) is 0 Å². The van der Waals surface area contributed by atoms with Crippen LogP contribution in [-0.2, 0) is 26.3 Å². The van der Waals surface area contributed by atoms with E-state index >= 15 is 0 Å². The second kappa shape index (κ2) is 22.7. The molecular formula is C41H55N5O10. The fourth-order valence-electron chi connectivity index (χ4n) is 5.97. The first kappa shape index (κ1) is 44.8. The molecule has 0 saturated heterocycles. The van der Waals surface area contributed by atoms with E-state index < -0.39 is 48.5 Å². The molecular weight excluding hydrogens is 722 g/mol. The van der Waals surface area contributed by atoms with Crippen LogP contribution in [0, 0.1) is 0 Å². The third kappa shape index (κ3) is 12.7. The number of rotatable bonds is 24. The summed E-state index contributed by atoms with van der Waals surface area (Å²) in [7, 11) is 1.82. The van der Waals surface area contributed by atoms with Gasteiger partial charge in [0, 0.05) is 79.0 Å². The van der Waals surface area contributed by atoms with Crippen molar-refractivity contribution in [2.45, 2.75) is 105 Å². The fourth-order valence-corrected chi connectivity index (χ4v) is 5.97. The van der Waals surface area contributed by atoms with E-state index in [2.05, 4.69) is 10.3 Å². The van der Waals surface area contributed by atoms with E-state index in [1.807, 2.05) is 39.3 Å². The van der Waals surface area contributed by atoms with Crippen LogP contribution in [0.3, 0.4) is 0 Å². The van der Waals surface area contributed by atoms with Crippen LogP contribution in [-0.4, -0.2) is 97.9 Å². The summed E-state index contributed by atoms with van der Waals surface area (Å²) in [5.74, 6) is -3.57. The van der Waals surface area contributed by atoms with E-state index in [1.54, 1.807) is 36.4 Å². The van der Waals surface area contributed by atoms with Gasteiger partial charge >= 0.3 is 24.1 Å². The summed E-state index contributed by atoms with van der Waals surface area (Å²) in [6.07, 6.45) is 3.62. The predicted molar refractivity (Wildman–Crippen MR) is 213 cm³/mol. The first-order valence-electron chi connectivity index (χ1n) is 19.5. The number of fused-ring (bicyclic) bond motifs is 3. The molecule has 15 heteroatoms. The van der Waals surface area contributed by atoms with Gasteiger partial charge in [-0.15, -0.1) is 0 Å². The molecule has 15 nitrogen and oxygen atoms in total. The topological polar surface area (TPSA) is 197 Å². The molecule has 0 aliphatic rings. The smallest absolute Gasteiger partial charge is 0.435 e. The van der Waals surface area contributed by atoms with Crippen LogP contribution in [0.15, 0.2) is 46.7 Å². The molecule has 0 spiro atoms. The van der Waals surface area contributed by atoms with Gasteiger partial charge in [-0.1, -0.05) is 63.7 Å². The van der Waals surface area contributed by atoms with E-state index in [1.165, 1.54) is 9.80 Å². The lowest BCUT2D eigenvalue weighted by molar-refractivity contribution is -0.137. The summed E-state index contributed by atoms with van der Waals surface area (Å²) in [6, 6.07) is 9.76. The number of ketones is 2. The van der Waals surface area contributed by atoms with Crippen molar-refractivity contribution >= 4 is 68.9 Å². The minimum Gasteiger partial charge on any atom is -0.481 e. The number of amides is 2. The molecule has 0 fully saturated rings. The summed E-state index contributed by atoms with van der Waals surface area (Å²) in [4.78, 5) is 90.0. The first-order chi connectivity index (χ1) is 26.9. The second-order valence-electron chi connectivity index (χ2n) is 13.6. The number of nitrogens with zero attached hydrogens (tertiary/aromatic N) is 5. The third-order valence-electron chi connectivity index (χ3n) is 9.32. The van der Waals surface area contributed by atoms with Gasteiger partial charge < -0.3 is 24.6 Å².